The Hall–Kier alpha value is -3.33. The molecular weight excluding hydrogens is 332 g/mol. The fourth-order valence-electron chi connectivity index (χ4n) is 2.10. The van der Waals surface area contributed by atoms with E-state index in [1.54, 1.807) is 24.3 Å². The number of ether oxygens (including phenoxy) is 2. The summed E-state index contributed by atoms with van der Waals surface area (Å²) in [5.74, 6) is -0.221. The third-order valence-electron chi connectivity index (χ3n) is 3.57. The van der Waals surface area contributed by atoms with Gasteiger partial charge in [0.1, 0.15) is 5.75 Å². The summed E-state index contributed by atoms with van der Waals surface area (Å²) in [7, 11) is 0. The Morgan fingerprint density at radius 3 is 2.27 bits per heavy atom. The van der Waals surface area contributed by atoms with Gasteiger partial charge >= 0.3 is 5.97 Å². The number of hydrogen-bond donors (Lipinski definition) is 1. The lowest BCUT2D eigenvalue weighted by molar-refractivity contribution is -0.149. The lowest BCUT2D eigenvalue weighted by atomic mass is 10.0. The number of anilines is 1. The highest BCUT2D eigenvalue weighted by atomic mass is 16.6. The molecule has 26 heavy (non-hydrogen) atoms. The smallest absolute Gasteiger partial charge is 0.344 e. The number of rotatable bonds is 7. The minimum absolute atomic E-state index is 0.317. The van der Waals surface area contributed by atoms with E-state index in [9.17, 15) is 9.59 Å². The van der Waals surface area contributed by atoms with Crippen LogP contribution in [0.1, 0.15) is 30.9 Å². The van der Waals surface area contributed by atoms with Crippen LogP contribution in [0.5, 0.6) is 5.75 Å². The number of nitrogens with zero attached hydrogens (tertiary/aromatic N) is 1. The molecule has 1 N–H and O–H groups in total. The van der Waals surface area contributed by atoms with E-state index < -0.39 is 11.9 Å². The van der Waals surface area contributed by atoms with Gasteiger partial charge in [-0.25, -0.2) is 4.79 Å². The molecule has 0 radical (unpaired) electrons. The summed E-state index contributed by atoms with van der Waals surface area (Å²) in [6.07, 6.45) is 0. The Bertz CT molecular complexity index is 790. The summed E-state index contributed by atoms with van der Waals surface area (Å²) in [6.45, 7) is 3.48. The van der Waals surface area contributed by atoms with Crippen LogP contribution in [-0.4, -0.2) is 25.1 Å². The van der Waals surface area contributed by atoms with Crippen LogP contribution in [0.25, 0.3) is 0 Å². The first-order valence-electron chi connectivity index (χ1n) is 8.16. The van der Waals surface area contributed by atoms with Gasteiger partial charge in [0.2, 0.25) is 0 Å². The van der Waals surface area contributed by atoms with Crippen LogP contribution < -0.4 is 10.1 Å². The average Bonchev–Trinajstić information content (AvgIpc) is 2.65. The topological polar surface area (TPSA) is 88.4 Å². The third kappa shape index (κ3) is 5.95. The van der Waals surface area contributed by atoms with E-state index in [1.165, 1.54) is 5.56 Å². The summed E-state index contributed by atoms with van der Waals surface area (Å²) < 4.78 is 10.1. The predicted molar refractivity (Wildman–Crippen MR) is 96.8 cm³/mol. The largest absolute Gasteiger partial charge is 0.482 e. The van der Waals surface area contributed by atoms with Crippen molar-refractivity contribution in [1.29, 1.82) is 5.26 Å². The maximum absolute atomic E-state index is 11.8. The van der Waals surface area contributed by atoms with Gasteiger partial charge in [-0.15, -0.1) is 0 Å². The van der Waals surface area contributed by atoms with E-state index in [4.69, 9.17) is 14.7 Å². The van der Waals surface area contributed by atoms with Crippen LogP contribution in [0.4, 0.5) is 5.69 Å². The van der Waals surface area contributed by atoms with Gasteiger partial charge in [0.05, 0.1) is 11.6 Å². The van der Waals surface area contributed by atoms with Gasteiger partial charge < -0.3 is 14.8 Å². The number of esters is 1. The number of amides is 1. The molecule has 0 fully saturated rings. The molecule has 0 spiro atoms. The van der Waals surface area contributed by atoms with Crippen molar-refractivity contribution >= 4 is 17.6 Å². The SMILES string of the molecule is CC(C)c1ccc(NC(=O)COC(=O)COc2ccc(C#N)cc2)cc1. The van der Waals surface area contributed by atoms with Crippen molar-refractivity contribution in [2.45, 2.75) is 19.8 Å². The fraction of sp³-hybridized carbons (Fsp3) is 0.250. The molecule has 1 amide bonds. The fourth-order valence-corrected chi connectivity index (χ4v) is 2.10. The molecule has 2 rings (SSSR count). The molecule has 0 unspecified atom stereocenters. The van der Waals surface area contributed by atoms with Gasteiger partial charge in [0, 0.05) is 5.69 Å². The van der Waals surface area contributed by atoms with Crippen molar-refractivity contribution < 1.29 is 19.1 Å². The molecule has 134 valence electrons. The zero-order valence-corrected chi connectivity index (χ0v) is 14.7. The molecule has 0 bridgehead atoms. The van der Waals surface area contributed by atoms with E-state index in [0.29, 0.717) is 22.9 Å². The Morgan fingerprint density at radius 2 is 1.69 bits per heavy atom. The van der Waals surface area contributed by atoms with E-state index in [2.05, 4.69) is 19.2 Å². The summed E-state index contributed by atoms with van der Waals surface area (Å²) in [5.41, 5.74) is 2.32. The summed E-state index contributed by atoms with van der Waals surface area (Å²) in [5, 5.41) is 11.4. The van der Waals surface area contributed by atoms with Gasteiger partial charge in [0.15, 0.2) is 13.2 Å². The first-order valence-corrected chi connectivity index (χ1v) is 8.16. The maximum atomic E-state index is 11.8. The predicted octanol–water partition coefficient (Wildman–Crippen LogP) is 3.24. The van der Waals surface area contributed by atoms with Gasteiger partial charge in [-0.1, -0.05) is 26.0 Å². The highest BCUT2D eigenvalue weighted by molar-refractivity contribution is 5.92. The normalized spacial score (nSPS) is 10.1. The van der Waals surface area contributed by atoms with E-state index in [1.807, 2.05) is 30.3 Å². The highest BCUT2D eigenvalue weighted by Crippen LogP contribution is 2.17. The van der Waals surface area contributed by atoms with Gasteiger partial charge in [-0.3, -0.25) is 4.79 Å². The molecule has 6 heteroatoms. The van der Waals surface area contributed by atoms with E-state index in [-0.39, 0.29) is 13.2 Å². The van der Waals surface area contributed by atoms with E-state index in [0.717, 1.165) is 0 Å². The molecule has 2 aromatic rings. The Kier molecular flexibility index (Phi) is 6.75. The lowest BCUT2D eigenvalue weighted by Crippen LogP contribution is -2.23. The molecule has 0 atom stereocenters. The molecule has 0 aromatic heterocycles. The Labute approximate surface area is 152 Å². The van der Waals surface area contributed by atoms with Crippen LogP contribution in [0.3, 0.4) is 0 Å². The Balaban J connectivity index is 1.72. The molecule has 0 saturated carbocycles. The zero-order valence-electron chi connectivity index (χ0n) is 14.7. The molecule has 6 nitrogen and oxygen atoms in total. The van der Waals surface area contributed by atoms with Crippen molar-refractivity contribution in [2.24, 2.45) is 0 Å². The third-order valence-corrected chi connectivity index (χ3v) is 3.57. The van der Waals surface area contributed by atoms with Crippen molar-refractivity contribution in [2.75, 3.05) is 18.5 Å². The van der Waals surface area contributed by atoms with Crippen molar-refractivity contribution in [3.8, 4) is 11.8 Å². The molecule has 0 saturated heterocycles. The monoisotopic (exact) mass is 352 g/mol. The molecule has 0 aliphatic rings. The van der Waals surface area contributed by atoms with Crippen LogP contribution >= 0.6 is 0 Å². The van der Waals surface area contributed by atoms with Gasteiger partial charge in [0.25, 0.3) is 5.91 Å². The van der Waals surface area contributed by atoms with Crippen LogP contribution in [-0.2, 0) is 14.3 Å². The molecule has 0 aliphatic heterocycles. The molecule has 0 heterocycles. The van der Waals surface area contributed by atoms with Crippen LogP contribution in [0, 0.1) is 11.3 Å². The minimum Gasteiger partial charge on any atom is -0.482 e. The molecular formula is C20H20N2O4. The number of carbonyl (C=O) groups excluding carboxylic acids is 2. The standard InChI is InChI=1S/C20H20N2O4/c1-14(2)16-5-7-17(8-6-16)22-19(23)12-26-20(24)13-25-18-9-3-15(11-21)4-10-18/h3-10,14H,12-13H2,1-2H3,(H,22,23). The highest BCUT2D eigenvalue weighted by Gasteiger charge is 2.09. The molecule has 0 aliphatic carbocycles. The lowest BCUT2D eigenvalue weighted by Gasteiger charge is -2.09. The minimum atomic E-state index is -0.653. The number of benzene rings is 2. The first kappa shape index (κ1) is 19.0. The summed E-state index contributed by atoms with van der Waals surface area (Å²) in [6, 6.07) is 15.8. The number of hydrogen-bond acceptors (Lipinski definition) is 5. The zero-order chi connectivity index (χ0) is 18.9. The van der Waals surface area contributed by atoms with E-state index >= 15 is 0 Å². The number of nitrogens with one attached hydrogen (secondary N) is 1. The number of carbonyl (C=O) groups is 2. The summed E-state index contributed by atoms with van der Waals surface area (Å²) in [4.78, 5) is 23.5. The summed E-state index contributed by atoms with van der Waals surface area (Å²) >= 11 is 0. The first-order chi connectivity index (χ1) is 12.5. The van der Waals surface area contributed by atoms with Crippen LogP contribution in [0.2, 0.25) is 0 Å². The Morgan fingerprint density at radius 1 is 1.04 bits per heavy atom. The van der Waals surface area contributed by atoms with Gasteiger partial charge in [-0.05, 0) is 47.9 Å². The quantitative estimate of drug-likeness (QED) is 0.773. The second kappa shape index (κ2) is 9.23. The molecule has 2 aromatic carbocycles. The van der Waals surface area contributed by atoms with Crippen molar-refractivity contribution in [3.05, 3.63) is 59.7 Å². The van der Waals surface area contributed by atoms with Crippen molar-refractivity contribution in [1.82, 2.24) is 0 Å². The second-order valence-corrected chi connectivity index (χ2v) is 5.91. The maximum Gasteiger partial charge on any atom is 0.344 e. The average molecular weight is 352 g/mol. The van der Waals surface area contributed by atoms with Crippen molar-refractivity contribution in [3.63, 3.8) is 0 Å². The number of nitriles is 1. The van der Waals surface area contributed by atoms with Crippen LogP contribution in [0.15, 0.2) is 48.5 Å². The van der Waals surface area contributed by atoms with Gasteiger partial charge in [-0.2, -0.15) is 5.26 Å². The second-order valence-electron chi connectivity index (χ2n) is 5.91.